The Morgan fingerprint density at radius 2 is 2.47 bits per heavy atom. The zero-order valence-corrected chi connectivity index (χ0v) is 9.55. The van der Waals surface area contributed by atoms with E-state index in [1.165, 1.54) is 5.38 Å². The van der Waals surface area contributed by atoms with Crippen molar-refractivity contribution < 1.29 is 24.9 Å². The van der Waals surface area contributed by atoms with Crippen molar-refractivity contribution in [3.8, 4) is 0 Å². The number of carbonyl (C=O) groups excluding carboxylic acids is 1. The van der Waals surface area contributed by atoms with Gasteiger partial charge in [-0.25, -0.2) is 4.98 Å². The summed E-state index contributed by atoms with van der Waals surface area (Å²) in [7, 11) is 0. The first kappa shape index (κ1) is 12.4. The van der Waals surface area contributed by atoms with Crippen molar-refractivity contribution >= 4 is 17.2 Å². The van der Waals surface area contributed by atoms with Crippen molar-refractivity contribution in [3.05, 3.63) is 16.1 Å². The Hall–Kier alpha value is -1.06. The lowest BCUT2D eigenvalue weighted by atomic mass is 9.97. The van der Waals surface area contributed by atoms with Crippen LogP contribution in [-0.2, 0) is 10.3 Å². The van der Waals surface area contributed by atoms with Gasteiger partial charge in [0.15, 0.2) is 5.60 Å². The van der Waals surface area contributed by atoms with Crippen LogP contribution in [-0.4, -0.2) is 51.6 Å². The fourth-order valence-electron chi connectivity index (χ4n) is 1.64. The predicted octanol–water partition coefficient (Wildman–Crippen LogP) is -1.82. The van der Waals surface area contributed by atoms with Crippen LogP contribution in [0.5, 0.6) is 0 Å². The standard InChI is InChI=1S/C9H12N2O5S/c10-7(14)4-2-17-8(11-4)9(15)3-16-5(1-12)6(9)13/h2,5-6,12-13,15H,1,3H2,(H2,10,14)/t5-,6+,9+/m0/s1. The van der Waals surface area contributed by atoms with Gasteiger partial charge in [-0.15, -0.1) is 11.3 Å². The van der Waals surface area contributed by atoms with Gasteiger partial charge in [0, 0.05) is 5.38 Å². The van der Waals surface area contributed by atoms with E-state index < -0.39 is 30.3 Å². The van der Waals surface area contributed by atoms with Crippen LogP contribution >= 0.6 is 11.3 Å². The molecule has 2 rings (SSSR count). The van der Waals surface area contributed by atoms with Crippen molar-refractivity contribution in [3.63, 3.8) is 0 Å². The van der Waals surface area contributed by atoms with Gasteiger partial charge in [0.2, 0.25) is 0 Å². The topological polar surface area (TPSA) is 126 Å². The van der Waals surface area contributed by atoms with Gasteiger partial charge in [0.1, 0.15) is 22.9 Å². The van der Waals surface area contributed by atoms with Crippen LogP contribution in [0, 0.1) is 0 Å². The molecule has 1 amide bonds. The minimum absolute atomic E-state index is 0.0260. The van der Waals surface area contributed by atoms with E-state index >= 15 is 0 Å². The normalized spacial score (nSPS) is 32.9. The molecule has 1 saturated heterocycles. The van der Waals surface area contributed by atoms with Gasteiger partial charge < -0.3 is 25.8 Å². The molecule has 1 aliphatic rings. The SMILES string of the molecule is NC(=O)c1csc([C@@]2(O)CO[C@@H](CO)[C@H]2O)n1. The monoisotopic (exact) mass is 260 g/mol. The van der Waals surface area contributed by atoms with Crippen LogP contribution in [0.25, 0.3) is 0 Å². The lowest BCUT2D eigenvalue weighted by Gasteiger charge is -2.23. The van der Waals surface area contributed by atoms with Gasteiger partial charge >= 0.3 is 0 Å². The molecule has 0 aliphatic carbocycles. The van der Waals surface area contributed by atoms with Crippen molar-refractivity contribution in [1.82, 2.24) is 4.98 Å². The van der Waals surface area contributed by atoms with E-state index in [-0.39, 0.29) is 17.3 Å². The quantitative estimate of drug-likeness (QED) is 0.507. The van der Waals surface area contributed by atoms with Gasteiger partial charge in [-0.3, -0.25) is 4.79 Å². The van der Waals surface area contributed by atoms with Crippen molar-refractivity contribution in [2.75, 3.05) is 13.2 Å². The van der Waals surface area contributed by atoms with Crippen LogP contribution in [0.2, 0.25) is 0 Å². The number of thiazole rings is 1. The Labute approximate surface area is 100 Å². The molecule has 0 aromatic carbocycles. The highest BCUT2D eigenvalue weighted by molar-refractivity contribution is 7.10. The number of aliphatic hydroxyl groups excluding tert-OH is 2. The first-order valence-corrected chi connectivity index (χ1v) is 5.75. The molecule has 1 aromatic rings. The molecular formula is C9H12N2O5S. The van der Waals surface area contributed by atoms with E-state index in [9.17, 15) is 15.0 Å². The molecule has 5 N–H and O–H groups in total. The third-order valence-corrected chi connectivity index (χ3v) is 3.67. The summed E-state index contributed by atoms with van der Waals surface area (Å²) < 4.78 is 5.05. The number of hydrogen-bond donors (Lipinski definition) is 4. The van der Waals surface area contributed by atoms with Crippen LogP contribution in [0.1, 0.15) is 15.5 Å². The molecule has 94 valence electrons. The summed E-state index contributed by atoms with van der Waals surface area (Å²) in [5.74, 6) is -0.705. The van der Waals surface area contributed by atoms with Crippen molar-refractivity contribution in [2.45, 2.75) is 17.8 Å². The zero-order chi connectivity index (χ0) is 12.6. The van der Waals surface area contributed by atoms with E-state index in [0.717, 1.165) is 11.3 Å². The molecule has 3 atom stereocenters. The molecule has 2 heterocycles. The second-order valence-corrected chi connectivity index (χ2v) is 4.66. The fourth-order valence-corrected chi connectivity index (χ4v) is 2.57. The number of nitrogens with zero attached hydrogens (tertiary/aromatic N) is 1. The number of nitrogens with two attached hydrogens (primary N) is 1. The summed E-state index contributed by atoms with van der Waals surface area (Å²) >= 11 is 1.01. The lowest BCUT2D eigenvalue weighted by Crippen LogP contribution is -2.42. The number of primary amides is 1. The minimum atomic E-state index is -1.70. The van der Waals surface area contributed by atoms with Crippen LogP contribution < -0.4 is 5.73 Å². The first-order valence-electron chi connectivity index (χ1n) is 4.87. The molecule has 17 heavy (non-hydrogen) atoms. The van der Waals surface area contributed by atoms with E-state index in [2.05, 4.69) is 4.98 Å². The third kappa shape index (κ3) is 1.94. The minimum Gasteiger partial charge on any atom is -0.394 e. The zero-order valence-electron chi connectivity index (χ0n) is 8.74. The Morgan fingerprint density at radius 1 is 1.76 bits per heavy atom. The number of hydrogen-bond acceptors (Lipinski definition) is 7. The third-order valence-electron chi connectivity index (χ3n) is 2.67. The Bertz CT molecular complexity index is 437. The predicted molar refractivity (Wildman–Crippen MR) is 57.4 cm³/mol. The van der Waals surface area contributed by atoms with Gasteiger partial charge in [0.25, 0.3) is 5.91 Å². The molecule has 0 unspecified atom stereocenters. The average molecular weight is 260 g/mol. The molecular weight excluding hydrogens is 248 g/mol. The maximum atomic E-state index is 10.9. The van der Waals surface area contributed by atoms with E-state index in [1.54, 1.807) is 0 Å². The maximum absolute atomic E-state index is 10.9. The first-order chi connectivity index (χ1) is 7.99. The summed E-state index contributed by atoms with van der Waals surface area (Å²) in [4.78, 5) is 14.7. The highest BCUT2D eigenvalue weighted by Gasteiger charge is 2.51. The summed E-state index contributed by atoms with van der Waals surface area (Å²) in [5, 5.41) is 30.5. The number of carbonyl (C=O) groups is 1. The molecule has 1 fully saturated rings. The Kier molecular flexibility index (Phi) is 3.15. The molecule has 0 radical (unpaired) electrons. The van der Waals surface area contributed by atoms with Crippen LogP contribution in [0.4, 0.5) is 0 Å². The van der Waals surface area contributed by atoms with E-state index in [1.807, 2.05) is 0 Å². The second-order valence-electron chi connectivity index (χ2n) is 3.80. The van der Waals surface area contributed by atoms with E-state index in [0.29, 0.717) is 0 Å². The fraction of sp³-hybridized carbons (Fsp3) is 0.556. The Morgan fingerprint density at radius 3 is 2.94 bits per heavy atom. The summed E-state index contributed by atoms with van der Waals surface area (Å²) in [5.41, 5.74) is 3.37. The maximum Gasteiger partial charge on any atom is 0.268 e. The lowest BCUT2D eigenvalue weighted by molar-refractivity contribution is -0.0597. The summed E-state index contributed by atoms with van der Waals surface area (Å²) in [6.07, 6.45) is -2.15. The Balaban J connectivity index is 2.29. The van der Waals surface area contributed by atoms with Crippen LogP contribution in [0.3, 0.4) is 0 Å². The molecule has 0 bridgehead atoms. The smallest absolute Gasteiger partial charge is 0.268 e. The second kappa shape index (κ2) is 4.31. The number of ether oxygens (including phenoxy) is 1. The number of aliphatic hydroxyl groups is 3. The van der Waals surface area contributed by atoms with Crippen molar-refractivity contribution in [1.29, 1.82) is 0 Å². The van der Waals surface area contributed by atoms with Gasteiger partial charge in [-0.05, 0) is 0 Å². The van der Waals surface area contributed by atoms with E-state index in [4.69, 9.17) is 15.6 Å². The van der Waals surface area contributed by atoms with Crippen LogP contribution in [0.15, 0.2) is 5.38 Å². The van der Waals surface area contributed by atoms with Crippen molar-refractivity contribution in [2.24, 2.45) is 5.73 Å². The largest absolute Gasteiger partial charge is 0.394 e. The molecule has 8 heteroatoms. The summed E-state index contributed by atoms with van der Waals surface area (Å²) in [6.45, 7) is -0.595. The highest BCUT2D eigenvalue weighted by Crippen LogP contribution is 2.35. The summed E-state index contributed by atoms with van der Waals surface area (Å²) in [6, 6.07) is 0. The van der Waals surface area contributed by atoms with Gasteiger partial charge in [-0.1, -0.05) is 0 Å². The highest BCUT2D eigenvalue weighted by atomic mass is 32.1. The molecule has 0 spiro atoms. The molecule has 7 nitrogen and oxygen atoms in total. The number of aromatic nitrogens is 1. The molecule has 1 aromatic heterocycles. The van der Waals surface area contributed by atoms with Gasteiger partial charge in [0.05, 0.1) is 13.2 Å². The molecule has 1 aliphatic heterocycles. The number of amides is 1. The average Bonchev–Trinajstić information content (AvgIpc) is 2.87. The van der Waals surface area contributed by atoms with Gasteiger partial charge in [-0.2, -0.15) is 0 Å². The molecule has 0 saturated carbocycles. The number of rotatable bonds is 3.